The molecule has 1 aromatic heterocycles. The van der Waals surface area contributed by atoms with E-state index in [1.807, 2.05) is 28.8 Å². The van der Waals surface area contributed by atoms with Crippen molar-refractivity contribution in [2.75, 3.05) is 18.1 Å². The molecule has 2 heterocycles. The van der Waals surface area contributed by atoms with Gasteiger partial charge in [0.1, 0.15) is 0 Å². The Kier molecular flexibility index (Phi) is 6.45. The predicted octanol–water partition coefficient (Wildman–Crippen LogP) is 5.50. The summed E-state index contributed by atoms with van der Waals surface area (Å²) < 4.78 is 7.31. The number of para-hydroxylation sites is 2. The summed E-state index contributed by atoms with van der Waals surface area (Å²) in [6.45, 7) is 6.56. The zero-order valence-corrected chi connectivity index (χ0v) is 19.7. The summed E-state index contributed by atoms with van der Waals surface area (Å²) in [5.74, 6) is -1.04. The van der Waals surface area contributed by atoms with E-state index in [4.69, 9.17) is 32.9 Å². The summed E-state index contributed by atoms with van der Waals surface area (Å²) in [4.78, 5) is 33.3. The highest BCUT2D eigenvalue weighted by molar-refractivity contribution is 6.42. The Morgan fingerprint density at radius 1 is 1.16 bits per heavy atom. The van der Waals surface area contributed by atoms with Crippen molar-refractivity contribution in [3.63, 3.8) is 0 Å². The van der Waals surface area contributed by atoms with Gasteiger partial charge in [0, 0.05) is 6.54 Å². The Balaban J connectivity index is 1.97. The van der Waals surface area contributed by atoms with Gasteiger partial charge in [0.15, 0.2) is 5.92 Å². The largest absolute Gasteiger partial charge is 0.465 e. The quantitative estimate of drug-likeness (QED) is 0.349. The molecule has 4 rings (SSSR count). The third kappa shape index (κ3) is 3.97. The number of ether oxygens (including phenoxy) is 1. The van der Waals surface area contributed by atoms with Crippen LogP contribution in [-0.2, 0) is 14.3 Å². The first-order valence-corrected chi connectivity index (χ1v) is 11.5. The lowest BCUT2D eigenvalue weighted by atomic mass is 9.89. The predicted molar refractivity (Wildman–Crippen MR) is 126 cm³/mol. The van der Waals surface area contributed by atoms with Crippen LogP contribution in [0.2, 0.25) is 10.0 Å². The van der Waals surface area contributed by atoms with Crippen LogP contribution in [0, 0.1) is 11.8 Å². The summed E-state index contributed by atoms with van der Waals surface area (Å²) in [7, 11) is 0. The first-order valence-electron chi connectivity index (χ1n) is 10.7. The molecule has 1 aliphatic rings. The van der Waals surface area contributed by atoms with E-state index in [-0.39, 0.29) is 12.5 Å². The molecule has 0 saturated carbocycles. The fourth-order valence-corrected chi connectivity index (χ4v) is 4.45. The van der Waals surface area contributed by atoms with Gasteiger partial charge < -0.3 is 9.30 Å². The molecule has 0 saturated heterocycles. The van der Waals surface area contributed by atoms with E-state index < -0.39 is 17.9 Å². The van der Waals surface area contributed by atoms with Crippen LogP contribution in [0.5, 0.6) is 0 Å². The summed E-state index contributed by atoms with van der Waals surface area (Å²) in [5, 5.41) is 0.756. The van der Waals surface area contributed by atoms with Gasteiger partial charge in [-0.1, -0.05) is 55.2 Å². The number of hydrogen-bond donors (Lipinski definition) is 0. The van der Waals surface area contributed by atoms with Gasteiger partial charge in [0.2, 0.25) is 11.9 Å². The van der Waals surface area contributed by atoms with Crippen molar-refractivity contribution < 1.29 is 14.3 Å². The highest BCUT2D eigenvalue weighted by Crippen LogP contribution is 2.42. The number of benzene rings is 2. The van der Waals surface area contributed by atoms with Crippen LogP contribution >= 0.6 is 23.2 Å². The van der Waals surface area contributed by atoms with Crippen LogP contribution in [0.25, 0.3) is 11.0 Å². The lowest BCUT2D eigenvalue weighted by Gasteiger charge is -2.38. The maximum Gasteiger partial charge on any atom is 0.321 e. The number of fused-ring (bicyclic) bond motifs is 3. The SMILES string of the molecule is CCOC(=O)[C@@H]1C(=O)N(CCC(C)C)c2nc3ccccc3n2[C@H]1c1ccc(Cl)c(Cl)c1. The fourth-order valence-electron chi connectivity index (χ4n) is 4.14. The van der Waals surface area contributed by atoms with Crippen molar-refractivity contribution in [3.8, 4) is 0 Å². The van der Waals surface area contributed by atoms with Gasteiger partial charge in [-0.3, -0.25) is 14.5 Å². The second-order valence-electron chi connectivity index (χ2n) is 8.29. The summed E-state index contributed by atoms with van der Waals surface area (Å²) in [6.07, 6.45) is 0.780. The zero-order chi connectivity index (χ0) is 23.0. The van der Waals surface area contributed by atoms with Crippen LogP contribution in [0.4, 0.5) is 5.95 Å². The Hall–Kier alpha value is -2.57. The highest BCUT2D eigenvalue weighted by atomic mass is 35.5. The molecular formula is C24H25Cl2N3O3. The van der Waals surface area contributed by atoms with E-state index in [0.29, 0.717) is 34.0 Å². The number of carbonyl (C=O) groups is 2. The first kappa shape index (κ1) is 22.6. The third-order valence-electron chi connectivity index (χ3n) is 5.70. The Morgan fingerprint density at radius 3 is 2.59 bits per heavy atom. The average molecular weight is 474 g/mol. The number of aromatic nitrogens is 2. The van der Waals surface area contributed by atoms with E-state index in [0.717, 1.165) is 17.5 Å². The number of imidazole rings is 1. The van der Waals surface area contributed by atoms with E-state index in [1.165, 1.54) is 0 Å². The summed E-state index contributed by atoms with van der Waals surface area (Å²) in [6, 6.07) is 12.2. The molecule has 0 radical (unpaired) electrons. The molecule has 2 atom stereocenters. The van der Waals surface area contributed by atoms with Crippen LogP contribution in [0.15, 0.2) is 42.5 Å². The van der Waals surface area contributed by atoms with Gasteiger partial charge in [0.25, 0.3) is 0 Å². The highest BCUT2D eigenvalue weighted by Gasteiger charge is 2.47. The van der Waals surface area contributed by atoms with Crippen LogP contribution in [0.1, 0.15) is 38.8 Å². The van der Waals surface area contributed by atoms with Gasteiger partial charge in [-0.25, -0.2) is 4.98 Å². The molecule has 0 bridgehead atoms. The number of nitrogens with zero attached hydrogens (tertiary/aromatic N) is 3. The topological polar surface area (TPSA) is 64.4 Å². The number of rotatable bonds is 6. The molecule has 6 nitrogen and oxygen atoms in total. The monoisotopic (exact) mass is 473 g/mol. The van der Waals surface area contributed by atoms with Crippen molar-refractivity contribution in [3.05, 3.63) is 58.1 Å². The lowest BCUT2D eigenvalue weighted by Crippen LogP contribution is -2.50. The second-order valence-corrected chi connectivity index (χ2v) is 9.11. The summed E-state index contributed by atoms with van der Waals surface area (Å²) in [5.41, 5.74) is 2.27. The van der Waals surface area contributed by atoms with Gasteiger partial charge >= 0.3 is 5.97 Å². The van der Waals surface area contributed by atoms with Gasteiger partial charge in [0.05, 0.1) is 33.7 Å². The minimum atomic E-state index is -1.07. The van der Waals surface area contributed by atoms with Crippen molar-refractivity contribution >= 4 is 52.1 Å². The Bertz CT molecular complexity index is 1170. The number of amides is 1. The smallest absolute Gasteiger partial charge is 0.321 e. The molecule has 1 aliphatic heterocycles. The molecule has 1 amide bonds. The number of halogens is 2. The molecule has 8 heteroatoms. The normalized spacial score (nSPS) is 18.3. The molecule has 0 unspecified atom stereocenters. The fraction of sp³-hybridized carbons (Fsp3) is 0.375. The zero-order valence-electron chi connectivity index (χ0n) is 18.2. The van der Waals surface area contributed by atoms with Crippen molar-refractivity contribution in [1.29, 1.82) is 0 Å². The van der Waals surface area contributed by atoms with E-state index in [1.54, 1.807) is 30.0 Å². The van der Waals surface area contributed by atoms with Crippen LogP contribution < -0.4 is 4.90 Å². The third-order valence-corrected chi connectivity index (χ3v) is 6.44. The van der Waals surface area contributed by atoms with E-state index in [2.05, 4.69) is 13.8 Å². The van der Waals surface area contributed by atoms with Gasteiger partial charge in [-0.2, -0.15) is 0 Å². The lowest BCUT2D eigenvalue weighted by molar-refractivity contribution is -0.153. The van der Waals surface area contributed by atoms with Crippen molar-refractivity contribution in [1.82, 2.24) is 9.55 Å². The number of hydrogen-bond acceptors (Lipinski definition) is 4. The Morgan fingerprint density at radius 2 is 1.91 bits per heavy atom. The molecule has 32 heavy (non-hydrogen) atoms. The molecule has 0 N–H and O–H groups in total. The maximum absolute atomic E-state index is 13.7. The molecule has 0 aliphatic carbocycles. The minimum absolute atomic E-state index is 0.181. The number of carbonyl (C=O) groups excluding carboxylic acids is 2. The summed E-state index contributed by atoms with van der Waals surface area (Å²) >= 11 is 12.5. The molecule has 3 aromatic rings. The molecule has 0 fully saturated rings. The standard InChI is InChI=1S/C24H25Cl2N3O3/c1-4-32-23(31)20-21(15-9-10-16(25)17(26)13-15)29-19-8-6-5-7-18(19)27-24(29)28(22(20)30)12-11-14(2)3/h5-10,13-14,20-21H,4,11-12H2,1-3H3/t20-,21-/m0/s1. The van der Waals surface area contributed by atoms with E-state index in [9.17, 15) is 9.59 Å². The van der Waals surface area contributed by atoms with Crippen LogP contribution in [0.3, 0.4) is 0 Å². The van der Waals surface area contributed by atoms with Crippen molar-refractivity contribution in [2.45, 2.75) is 33.2 Å². The first-order chi connectivity index (χ1) is 15.3. The molecule has 2 aromatic carbocycles. The molecular weight excluding hydrogens is 449 g/mol. The number of anilines is 1. The molecule has 168 valence electrons. The van der Waals surface area contributed by atoms with Gasteiger partial charge in [-0.05, 0) is 49.1 Å². The Labute approximate surface area is 197 Å². The van der Waals surface area contributed by atoms with E-state index >= 15 is 0 Å². The van der Waals surface area contributed by atoms with Crippen LogP contribution in [-0.4, -0.2) is 34.6 Å². The average Bonchev–Trinajstić information content (AvgIpc) is 3.13. The minimum Gasteiger partial charge on any atom is -0.465 e. The second kappa shape index (κ2) is 9.12. The molecule has 0 spiro atoms. The number of esters is 1. The maximum atomic E-state index is 13.7. The van der Waals surface area contributed by atoms with Crippen molar-refractivity contribution in [2.24, 2.45) is 11.8 Å². The van der Waals surface area contributed by atoms with Gasteiger partial charge in [-0.15, -0.1) is 0 Å².